The van der Waals surface area contributed by atoms with Crippen LogP contribution in [0.5, 0.6) is 0 Å². The van der Waals surface area contributed by atoms with Gasteiger partial charge in [-0.05, 0) is 40.8 Å². The van der Waals surface area contributed by atoms with Gasteiger partial charge in [0.05, 0.1) is 6.54 Å². The van der Waals surface area contributed by atoms with Crippen molar-refractivity contribution < 1.29 is 22.8 Å². The van der Waals surface area contributed by atoms with Gasteiger partial charge >= 0.3 is 0 Å². The number of aliphatic hydroxyl groups excluding tert-OH is 1. The largest absolute Gasteiger partial charge is 1.00 e. The van der Waals surface area contributed by atoms with Crippen LogP contribution >= 0.6 is 22.9 Å². The van der Waals surface area contributed by atoms with Gasteiger partial charge < -0.3 is 22.8 Å². The van der Waals surface area contributed by atoms with E-state index in [9.17, 15) is 5.11 Å². The number of thiophene rings is 1. The fourth-order valence-corrected chi connectivity index (χ4v) is 3.60. The van der Waals surface area contributed by atoms with Crippen LogP contribution in [0.1, 0.15) is 22.1 Å². The molecule has 0 aliphatic carbocycles. The molecule has 0 radical (unpaired) electrons. The lowest BCUT2D eigenvalue weighted by molar-refractivity contribution is -0.653. The fraction of sp³-hybridized carbons (Fsp3) is 0.143. The van der Waals surface area contributed by atoms with Crippen molar-refractivity contribution >= 4 is 28.5 Å². The van der Waals surface area contributed by atoms with Crippen LogP contribution in [0.15, 0.2) is 78.2 Å². The molecule has 3 N–H and O–H groups in total. The van der Waals surface area contributed by atoms with Crippen molar-refractivity contribution in [2.75, 3.05) is 13.1 Å². The van der Waals surface area contributed by atoms with E-state index < -0.39 is 6.10 Å². The average molecular weight is 406 g/mol. The number of benzene rings is 2. The summed E-state index contributed by atoms with van der Waals surface area (Å²) >= 11 is 7.63. The zero-order valence-corrected chi connectivity index (χ0v) is 16.5. The molecule has 5 heteroatoms. The summed E-state index contributed by atoms with van der Waals surface area (Å²) in [6.45, 7) is 1.43. The Kier molecular flexibility index (Phi) is 8.36. The van der Waals surface area contributed by atoms with E-state index in [1.165, 1.54) is 16.0 Å². The lowest BCUT2D eigenvalue weighted by Crippen LogP contribution is -3.00. The molecular weight excluding hydrogens is 385 g/mol. The summed E-state index contributed by atoms with van der Waals surface area (Å²) in [5.74, 6) is 0. The summed E-state index contributed by atoms with van der Waals surface area (Å²) in [6, 6.07) is 22.0. The summed E-state index contributed by atoms with van der Waals surface area (Å²) in [7, 11) is 0. The highest BCUT2D eigenvalue weighted by atomic mass is 35.5. The monoisotopic (exact) mass is 405 g/mol. The number of rotatable bonds is 7. The topological polar surface area (TPSA) is 36.8 Å². The summed E-state index contributed by atoms with van der Waals surface area (Å²) in [4.78, 5) is 1.26. The number of halogens is 2. The van der Waals surface area contributed by atoms with Crippen molar-refractivity contribution in [1.82, 2.24) is 0 Å². The quantitative estimate of drug-likeness (QED) is 0.568. The van der Waals surface area contributed by atoms with Crippen LogP contribution in [0.2, 0.25) is 5.02 Å². The molecule has 2 aromatic carbocycles. The molecule has 1 aromatic heterocycles. The Morgan fingerprint density at radius 1 is 1.04 bits per heavy atom. The maximum absolute atomic E-state index is 10.3. The molecule has 0 saturated heterocycles. The first-order chi connectivity index (χ1) is 12.2. The molecule has 0 saturated carbocycles. The minimum Gasteiger partial charge on any atom is -1.00 e. The number of hydrogen-bond donors (Lipinski definition) is 2. The predicted molar refractivity (Wildman–Crippen MR) is 106 cm³/mol. The van der Waals surface area contributed by atoms with Crippen LogP contribution in [0.25, 0.3) is 5.57 Å². The third kappa shape index (κ3) is 5.70. The minimum atomic E-state index is -0.493. The molecule has 0 aliphatic rings. The summed E-state index contributed by atoms with van der Waals surface area (Å²) < 4.78 is 0. The highest BCUT2D eigenvalue weighted by molar-refractivity contribution is 7.11. The minimum absolute atomic E-state index is 0. The van der Waals surface area contributed by atoms with E-state index in [1.807, 2.05) is 30.3 Å². The highest BCUT2D eigenvalue weighted by Gasteiger charge is 2.10. The van der Waals surface area contributed by atoms with E-state index in [0.29, 0.717) is 11.6 Å². The van der Waals surface area contributed by atoms with Crippen molar-refractivity contribution in [3.63, 3.8) is 0 Å². The average Bonchev–Trinajstić information content (AvgIpc) is 3.17. The standard InChI is InChI=1S/C21H20ClNOS.ClH/c22-18-10-8-17(9-11-18)20(24)15-23-13-12-19(21-7-4-14-25-21)16-5-2-1-3-6-16;/h1-12,14,20,23-24H,13,15H2;1H/b19-12+;. The van der Waals surface area contributed by atoms with Crippen LogP contribution in [0.3, 0.4) is 0 Å². The van der Waals surface area contributed by atoms with Gasteiger partial charge in [-0.25, -0.2) is 0 Å². The first-order valence-electron chi connectivity index (χ1n) is 8.28. The molecule has 1 heterocycles. The molecule has 0 fully saturated rings. The zero-order chi connectivity index (χ0) is 17.5. The van der Waals surface area contributed by atoms with Crippen LogP contribution in [0.4, 0.5) is 0 Å². The predicted octanol–water partition coefficient (Wildman–Crippen LogP) is 1.13. The third-order valence-corrected chi connectivity index (χ3v) is 5.16. The van der Waals surface area contributed by atoms with Gasteiger partial charge in [0, 0.05) is 15.5 Å². The molecule has 0 aliphatic heterocycles. The van der Waals surface area contributed by atoms with Crippen LogP contribution in [-0.2, 0) is 0 Å². The molecule has 0 amide bonds. The van der Waals surface area contributed by atoms with Gasteiger partial charge in [0.25, 0.3) is 0 Å². The van der Waals surface area contributed by atoms with Gasteiger partial charge in [0.2, 0.25) is 0 Å². The Balaban J connectivity index is 0.00000243. The Bertz CT molecular complexity index is 802. The molecule has 3 rings (SSSR count). The SMILES string of the molecule is OC(C[NH2+]C/C=C(\c1ccccc1)c1cccs1)c1ccc(Cl)cc1.[Cl-]. The Hall–Kier alpha value is -1.62. The van der Waals surface area contributed by atoms with Gasteiger partial charge in [-0.1, -0.05) is 60.1 Å². The van der Waals surface area contributed by atoms with Crippen molar-refractivity contribution in [1.29, 1.82) is 0 Å². The van der Waals surface area contributed by atoms with Crippen molar-refractivity contribution in [2.45, 2.75) is 6.10 Å². The summed E-state index contributed by atoms with van der Waals surface area (Å²) in [5.41, 5.74) is 3.36. The van der Waals surface area contributed by atoms with E-state index in [4.69, 9.17) is 11.6 Å². The van der Waals surface area contributed by atoms with Crippen LogP contribution in [-0.4, -0.2) is 18.2 Å². The van der Waals surface area contributed by atoms with E-state index >= 15 is 0 Å². The lowest BCUT2D eigenvalue weighted by atomic mass is 10.0. The van der Waals surface area contributed by atoms with Gasteiger partial charge in [-0.3, -0.25) is 0 Å². The number of aliphatic hydroxyl groups is 1. The summed E-state index contributed by atoms with van der Waals surface area (Å²) in [5, 5.41) is 15.2. The molecule has 136 valence electrons. The Morgan fingerprint density at radius 3 is 2.42 bits per heavy atom. The van der Waals surface area contributed by atoms with E-state index in [1.54, 1.807) is 11.3 Å². The molecule has 0 spiro atoms. The molecule has 3 aromatic rings. The van der Waals surface area contributed by atoms with Crippen molar-refractivity contribution in [2.24, 2.45) is 0 Å². The third-order valence-electron chi connectivity index (χ3n) is 4.00. The second-order valence-corrected chi connectivity index (χ2v) is 7.17. The second-order valence-electron chi connectivity index (χ2n) is 5.79. The van der Waals surface area contributed by atoms with Crippen LogP contribution < -0.4 is 17.7 Å². The molecule has 1 unspecified atom stereocenters. The molecule has 2 nitrogen and oxygen atoms in total. The van der Waals surface area contributed by atoms with Gasteiger partial charge in [-0.15, -0.1) is 11.3 Å². The normalized spacial score (nSPS) is 12.5. The zero-order valence-electron chi connectivity index (χ0n) is 14.2. The van der Waals surface area contributed by atoms with Crippen molar-refractivity contribution in [3.05, 3.63) is 99.2 Å². The molecule has 1 atom stereocenters. The second kappa shape index (κ2) is 10.5. The number of quaternary nitrogens is 1. The number of hydrogen-bond acceptors (Lipinski definition) is 2. The van der Waals surface area contributed by atoms with Crippen LogP contribution in [0, 0.1) is 0 Å². The van der Waals surface area contributed by atoms with E-state index in [0.717, 1.165) is 12.1 Å². The maximum Gasteiger partial charge on any atom is 0.128 e. The Labute approximate surface area is 169 Å². The maximum atomic E-state index is 10.3. The van der Waals surface area contributed by atoms with E-state index in [-0.39, 0.29) is 12.4 Å². The van der Waals surface area contributed by atoms with Gasteiger partial charge in [-0.2, -0.15) is 0 Å². The summed E-state index contributed by atoms with van der Waals surface area (Å²) in [6.07, 6.45) is 1.74. The Morgan fingerprint density at radius 2 is 1.77 bits per heavy atom. The lowest BCUT2D eigenvalue weighted by Gasteiger charge is -2.10. The van der Waals surface area contributed by atoms with Gasteiger partial charge in [0.15, 0.2) is 0 Å². The van der Waals surface area contributed by atoms with Gasteiger partial charge in [0.1, 0.15) is 12.6 Å². The first kappa shape index (κ1) is 20.7. The smallest absolute Gasteiger partial charge is 0.128 e. The van der Waals surface area contributed by atoms with Crippen molar-refractivity contribution in [3.8, 4) is 0 Å². The highest BCUT2D eigenvalue weighted by Crippen LogP contribution is 2.26. The fourth-order valence-electron chi connectivity index (χ4n) is 2.69. The molecule has 26 heavy (non-hydrogen) atoms. The number of nitrogens with two attached hydrogens (primary N) is 1. The van der Waals surface area contributed by atoms with E-state index in [2.05, 4.69) is 53.2 Å². The first-order valence-corrected chi connectivity index (χ1v) is 9.54. The molecular formula is C21H21Cl2NOS. The molecule has 0 bridgehead atoms.